The van der Waals surface area contributed by atoms with Gasteiger partial charge in [-0.1, -0.05) is 13.8 Å². The average Bonchev–Trinajstić information content (AvgIpc) is 3.28. The Hall–Kier alpha value is -2.20. The molecule has 0 atom stereocenters. The van der Waals surface area contributed by atoms with Crippen molar-refractivity contribution < 1.29 is 0 Å². The Morgan fingerprint density at radius 2 is 1.80 bits per heavy atom. The van der Waals surface area contributed by atoms with Crippen molar-refractivity contribution in [3.05, 3.63) is 48.4 Å². The summed E-state index contributed by atoms with van der Waals surface area (Å²) in [5, 5.41) is 1.33. The van der Waals surface area contributed by atoms with Crippen molar-refractivity contribution in [1.29, 1.82) is 0 Å². The fraction of sp³-hybridized carbons (Fsp3) is 0.429. The summed E-state index contributed by atoms with van der Waals surface area (Å²) >= 11 is 0. The van der Waals surface area contributed by atoms with Crippen molar-refractivity contribution >= 4 is 10.9 Å². The smallest absolute Gasteiger partial charge is 0.159 e. The van der Waals surface area contributed by atoms with Crippen molar-refractivity contribution in [2.45, 2.75) is 39.2 Å². The fourth-order valence-corrected chi connectivity index (χ4v) is 3.81. The van der Waals surface area contributed by atoms with Gasteiger partial charge in [0, 0.05) is 48.1 Å². The van der Waals surface area contributed by atoms with Gasteiger partial charge in [-0.25, -0.2) is 9.97 Å². The molecule has 0 N–H and O–H groups in total. The van der Waals surface area contributed by atoms with Crippen LogP contribution in [0.3, 0.4) is 0 Å². The van der Waals surface area contributed by atoms with Crippen LogP contribution in [0.15, 0.2) is 42.9 Å². The summed E-state index contributed by atoms with van der Waals surface area (Å²) in [5.41, 5.74) is 3.82. The topological polar surface area (TPSA) is 34.0 Å². The third-order valence-electron chi connectivity index (χ3n) is 5.21. The van der Waals surface area contributed by atoms with Crippen LogP contribution in [0, 0.1) is 0 Å². The van der Waals surface area contributed by atoms with E-state index in [2.05, 4.69) is 57.7 Å². The van der Waals surface area contributed by atoms with Crippen LogP contribution < -0.4 is 0 Å². The van der Waals surface area contributed by atoms with Gasteiger partial charge in [0.1, 0.15) is 0 Å². The normalized spacial score (nSPS) is 15.5. The molecule has 1 saturated heterocycles. The van der Waals surface area contributed by atoms with E-state index in [1.54, 1.807) is 12.4 Å². The molecule has 0 amide bonds. The summed E-state index contributed by atoms with van der Waals surface area (Å²) in [6.07, 6.45) is 8.66. The second-order valence-electron chi connectivity index (χ2n) is 7.29. The van der Waals surface area contributed by atoms with Gasteiger partial charge in [-0.15, -0.1) is 0 Å². The van der Waals surface area contributed by atoms with E-state index in [4.69, 9.17) is 0 Å². The summed E-state index contributed by atoms with van der Waals surface area (Å²) in [5.74, 6) is 1.30. The highest BCUT2D eigenvalue weighted by molar-refractivity contribution is 5.88. The first-order valence-corrected chi connectivity index (χ1v) is 9.35. The van der Waals surface area contributed by atoms with Crippen molar-refractivity contribution in [3.8, 4) is 11.4 Å². The number of aromatic nitrogens is 3. The zero-order valence-corrected chi connectivity index (χ0v) is 15.2. The highest BCUT2D eigenvalue weighted by atomic mass is 15.2. The van der Waals surface area contributed by atoms with E-state index in [1.165, 1.54) is 42.4 Å². The molecule has 25 heavy (non-hydrogen) atoms. The predicted molar refractivity (Wildman–Crippen MR) is 103 cm³/mol. The maximum absolute atomic E-state index is 4.40. The van der Waals surface area contributed by atoms with Gasteiger partial charge >= 0.3 is 0 Å². The van der Waals surface area contributed by atoms with Crippen molar-refractivity contribution in [2.75, 3.05) is 19.6 Å². The van der Waals surface area contributed by atoms with Gasteiger partial charge in [0.25, 0.3) is 0 Å². The van der Waals surface area contributed by atoms with Crippen LogP contribution in [0.1, 0.15) is 38.2 Å². The van der Waals surface area contributed by atoms with E-state index in [1.807, 2.05) is 6.07 Å². The van der Waals surface area contributed by atoms with Crippen LogP contribution in [0.25, 0.3) is 22.3 Å². The van der Waals surface area contributed by atoms with E-state index < -0.39 is 0 Å². The zero-order chi connectivity index (χ0) is 17.2. The van der Waals surface area contributed by atoms with Gasteiger partial charge in [-0.3, -0.25) is 0 Å². The van der Waals surface area contributed by atoms with Gasteiger partial charge in [-0.2, -0.15) is 0 Å². The molecule has 1 aliphatic heterocycles. The van der Waals surface area contributed by atoms with Gasteiger partial charge in [0.15, 0.2) is 5.82 Å². The Kier molecular flexibility index (Phi) is 4.53. The highest BCUT2D eigenvalue weighted by Crippen LogP contribution is 2.30. The molecule has 2 aromatic heterocycles. The van der Waals surface area contributed by atoms with Gasteiger partial charge in [-0.05, 0) is 61.7 Å². The molecule has 4 nitrogen and oxygen atoms in total. The van der Waals surface area contributed by atoms with Crippen LogP contribution in [-0.4, -0.2) is 39.1 Å². The molecule has 0 bridgehead atoms. The van der Waals surface area contributed by atoms with Gasteiger partial charge < -0.3 is 9.47 Å². The number of hydrogen-bond acceptors (Lipinski definition) is 3. The number of rotatable bonds is 5. The minimum Gasteiger partial charge on any atom is -0.346 e. The molecule has 0 saturated carbocycles. The average molecular weight is 334 g/mol. The Morgan fingerprint density at radius 3 is 2.52 bits per heavy atom. The molecule has 4 rings (SSSR count). The Morgan fingerprint density at radius 1 is 1.04 bits per heavy atom. The first-order chi connectivity index (χ1) is 12.2. The highest BCUT2D eigenvalue weighted by Gasteiger charge is 2.15. The second-order valence-corrected chi connectivity index (χ2v) is 7.29. The summed E-state index contributed by atoms with van der Waals surface area (Å²) < 4.78 is 2.43. The summed E-state index contributed by atoms with van der Waals surface area (Å²) in [6, 6.07) is 8.49. The maximum atomic E-state index is 4.40. The van der Waals surface area contributed by atoms with E-state index in [9.17, 15) is 0 Å². The third kappa shape index (κ3) is 3.31. The quantitative estimate of drug-likeness (QED) is 0.697. The molecule has 0 aliphatic carbocycles. The fourth-order valence-electron chi connectivity index (χ4n) is 3.81. The molecular formula is C21H26N4. The van der Waals surface area contributed by atoms with E-state index >= 15 is 0 Å². The molecule has 3 heterocycles. The monoisotopic (exact) mass is 334 g/mol. The number of fused-ring (bicyclic) bond motifs is 1. The van der Waals surface area contributed by atoms with Crippen LogP contribution in [0.5, 0.6) is 0 Å². The molecule has 130 valence electrons. The Labute approximate surface area is 149 Å². The summed E-state index contributed by atoms with van der Waals surface area (Å²) in [4.78, 5) is 11.4. The lowest BCUT2D eigenvalue weighted by Crippen LogP contribution is -2.23. The number of likely N-dealkylation sites (tertiary alicyclic amines) is 1. The number of nitrogens with zero attached hydrogens (tertiary/aromatic N) is 4. The summed E-state index contributed by atoms with van der Waals surface area (Å²) in [6.45, 7) is 9.25. The lowest BCUT2D eigenvalue weighted by Gasteiger charge is -2.15. The molecule has 0 unspecified atom stereocenters. The summed E-state index contributed by atoms with van der Waals surface area (Å²) in [7, 11) is 0. The molecule has 1 fully saturated rings. The SMILES string of the molecule is CC(C)c1cn(CCN2CCCC2)c2ccc(-c3ncccn3)cc12. The standard InChI is InChI=1S/C21H26N4/c1-16(2)19-15-25(13-12-24-10-3-4-11-24)20-7-6-17(14-18(19)20)21-22-8-5-9-23-21/h5-9,14-16H,3-4,10-13H2,1-2H3. The number of hydrogen-bond donors (Lipinski definition) is 0. The lowest BCUT2D eigenvalue weighted by molar-refractivity contribution is 0.324. The van der Waals surface area contributed by atoms with Crippen LogP contribution >= 0.6 is 0 Å². The molecule has 0 spiro atoms. The van der Waals surface area contributed by atoms with Crippen LogP contribution in [0.4, 0.5) is 0 Å². The first-order valence-electron chi connectivity index (χ1n) is 9.35. The number of benzene rings is 1. The maximum Gasteiger partial charge on any atom is 0.159 e. The van der Waals surface area contributed by atoms with Crippen molar-refractivity contribution in [2.24, 2.45) is 0 Å². The van der Waals surface area contributed by atoms with Crippen LogP contribution in [-0.2, 0) is 6.54 Å². The van der Waals surface area contributed by atoms with E-state index in [-0.39, 0.29) is 0 Å². The molecule has 1 aliphatic rings. The second kappa shape index (κ2) is 6.96. The van der Waals surface area contributed by atoms with Gasteiger partial charge in [0.05, 0.1) is 0 Å². The van der Waals surface area contributed by atoms with Crippen molar-refractivity contribution in [3.63, 3.8) is 0 Å². The predicted octanol–water partition coefficient (Wildman–Crippen LogP) is 4.32. The lowest BCUT2D eigenvalue weighted by atomic mass is 10.0. The van der Waals surface area contributed by atoms with E-state index in [0.717, 1.165) is 24.5 Å². The molecule has 0 radical (unpaired) electrons. The van der Waals surface area contributed by atoms with Gasteiger partial charge in [0.2, 0.25) is 0 Å². The van der Waals surface area contributed by atoms with Crippen LogP contribution in [0.2, 0.25) is 0 Å². The zero-order valence-electron chi connectivity index (χ0n) is 15.2. The third-order valence-corrected chi connectivity index (χ3v) is 5.21. The molecule has 3 aromatic rings. The van der Waals surface area contributed by atoms with E-state index in [0.29, 0.717) is 5.92 Å². The molecular weight excluding hydrogens is 308 g/mol. The Bertz CT molecular complexity index is 845. The molecule has 4 heteroatoms. The Balaban J connectivity index is 1.69. The first kappa shape index (κ1) is 16.3. The minimum atomic E-state index is 0.502. The molecule has 1 aromatic carbocycles. The largest absolute Gasteiger partial charge is 0.346 e. The minimum absolute atomic E-state index is 0.502. The van der Waals surface area contributed by atoms with Crippen molar-refractivity contribution in [1.82, 2.24) is 19.4 Å².